The molecule has 154 valence electrons. The third kappa shape index (κ3) is 4.52. The van der Waals surface area contributed by atoms with Crippen molar-refractivity contribution in [2.45, 2.75) is 20.8 Å². The molecular formula is C21H21N5O3S. The van der Waals surface area contributed by atoms with E-state index in [1.807, 2.05) is 6.07 Å². The van der Waals surface area contributed by atoms with Gasteiger partial charge in [-0.25, -0.2) is 14.5 Å². The molecule has 3 aromatic rings. The Labute approximate surface area is 179 Å². The third-order valence-electron chi connectivity index (χ3n) is 4.27. The van der Waals surface area contributed by atoms with Crippen LogP contribution in [0.25, 0.3) is 5.82 Å². The van der Waals surface area contributed by atoms with Crippen LogP contribution < -0.4 is 10.6 Å². The van der Waals surface area contributed by atoms with E-state index in [2.05, 4.69) is 20.7 Å². The number of anilines is 1. The summed E-state index contributed by atoms with van der Waals surface area (Å²) < 4.78 is 6.67. The van der Waals surface area contributed by atoms with Crippen molar-refractivity contribution in [2.24, 2.45) is 0 Å². The van der Waals surface area contributed by atoms with Gasteiger partial charge in [-0.3, -0.25) is 10.1 Å². The van der Waals surface area contributed by atoms with Crippen molar-refractivity contribution in [1.82, 2.24) is 20.1 Å². The predicted octanol–water partition coefficient (Wildman–Crippen LogP) is 3.19. The summed E-state index contributed by atoms with van der Waals surface area (Å²) in [6.07, 6.45) is 1.60. The third-order valence-corrected chi connectivity index (χ3v) is 4.47. The summed E-state index contributed by atoms with van der Waals surface area (Å²) in [6, 6.07) is 12.2. The number of ether oxygens (including phenoxy) is 1. The molecule has 0 aliphatic carbocycles. The highest BCUT2D eigenvalue weighted by Gasteiger charge is 2.22. The molecule has 8 nitrogen and oxygen atoms in total. The Hall–Kier alpha value is -3.59. The van der Waals surface area contributed by atoms with Crippen molar-refractivity contribution in [3.05, 3.63) is 71.2 Å². The number of hydrogen-bond donors (Lipinski definition) is 2. The van der Waals surface area contributed by atoms with E-state index < -0.39 is 5.97 Å². The number of thiocarbonyl (C=S) groups is 1. The first-order valence-corrected chi connectivity index (χ1v) is 9.69. The lowest BCUT2D eigenvalue weighted by Gasteiger charge is -2.13. The highest BCUT2D eigenvalue weighted by atomic mass is 32.1. The van der Waals surface area contributed by atoms with Crippen LogP contribution in [0.5, 0.6) is 0 Å². The summed E-state index contributed by atoms with van der Waals surface area (Å²) in [5, 5.41) is 10.2. The molecule has 0 radical (unpaired) electrons. The van der Waals surface area contributed by atoms with Gasteiger partial charge in [0.05, 0.1) is 23.7 Å². The largest absolute Gasteiger partial charge is 0.462 e. The lowest BCUT2D eigenvalue weighted by molar-refractivity contribution is 0.0524. The van der Waals surface area contributed by atoms with Crippen LogP contribution in [-0.4, -0.2) is 38.4 Å². The van der Waals surface area contributed by atoms with E-state index in [-0.39, 0.29) is 17.6 Å². The summed E-state index contributed by atoms with van der Waals surface area (Å²) in [6.45, 7) is 5.52. The zero-order valence-corrected chi connectivity index (χ0v) is 17.6. The van der Waals surface area contributed by atoms with E-state index in [9.17, 15) is 9.59 Å². The quantitative estimate of drug-likeness (QED) is 0.480. The summed E-state index contributed by atoms with van der Waals surface area (Å²) >= 11 is 5.29. The standard InChI is InChI=1S/C21H21N5O3S/c1-4-29-20(28)17-13(2)25-26(14(17)3)18-16(11-8-12-22-18)23-21(30)24-19(27)15-9-6-5-7-10-15/h5-12H,4H2,1-3H3,(H2,23,24,27,30). The van der Waals surface area contributed by atoms with Crippen molar-refractivity contribution >= 4 is 34.9 Å². The molecule has 9 heteroatoms. The fourth-order valence-electron chi connectivity index (χ4n) is 2.93. The van der Waals surface area contributed by atoms with Gasteiger partial charge in [0.25, 0.3) is 5.91 Å². The molecule has 0 unspecified atom stereocenters. The SMILES string of the molecule is CCOC(=O)c1c(C)nn(-c2ncccc2NC(=S)NC(=O)c2ccccc2)c1C. The van der Waals surface area contributed by atoms with Gasteiger partial charge >= 0.3 is 5.97 Å². The molecule has 0 aliphatic rings. The van der Waals surface area contributed by atoms with Crippen LogP contribution in [0, 0.1) is 13.8 Å². The molecule has 2 heterocycles. The number of amides is 1. The number of rotatable bonds is 5. The predicted molar refractivity (Wildman–Crippen MR) is 117 cm³/mol. The van der Waals surface area contributed by atoms with Crippen molar-refractivity contribution in [2.75, 3.05) is 11.9 Å². The first-order valence-electron chi connectivity index (χ1n) is 9.28. The van der Waals surface area contributed by atoms with E-state index in [1.54, 1.807) is 68.0 Å². The maximum absolute atomic E-state index is 12.3. The molecule has 0 saturated carbocycles. The van der Waals surface area contributed by atoms with Gasteiger partial charge in [-0.1, -0.05) is 18.2 Å². The highest BCUT2D eigenvalue weighted by Crippen LogP contribution is 2.23. The molecule has 30 heavy (non-hydrogen) atoms. The Morgan fingerprint density at radius 3 is 2.57 bits per heavy atom. The average Bonchev–Trinajstić information content (AvgIpc) is 3.03. The maximum atomic E-state index is 12.3. The van der Waals surface area contributed by atoms with Gasteiger partial charge in [-0.2, -0.15) is 5.10 Å². The van der Waals surface area contributed by atoms with Crippen LogP contribution in [-0.2, 0) is 4.74 Å². The average molecular weight is 423 g/mol. The second-order valence-electron chi connectivity index (χ2n) is 6.33. The Bertz CT molecular complexity index is 1100. The molecule has 0 bridgehead atoms. The van der Waals surface area contributed by atoms with Crippen molar-refractivity contribution < 1.29 is 14.3 Å². The Morgan fingerprint density at radius 1 is 1.13 bits per heavy atom. The van der Waals surface area contributed by atoms with E-state index in [0.717, 1.165) is 0 Å². The first kappa shape index (κ1) is 21.1. The first-order chi connectivity index (χ1) is 14.4. The van der Waals surface area contributed by atoms with Crippen LogP contribution in [0.1, 0.15) is 39.0 Å². The normalized spacial score (nSPS) is 10.4. The molecule has 0 atom stereocenters. The van der Waals surface area contributed by atoms with Gasteiger partial charge < -0.3 is 10.1 Å². The van der Waals surface area contributed by atoms with Crippen LogP contribution in [0.4, 0.5) is 5.69 Å². The zero-order chi connectivity index (χ0) is 21.7. The number of nitrogens with one attached hydrogen (secondary N) is 2. The van der Waals surface area contributed by atoms with Crippen LogP contribution in [0.15, 0.2) is 48.7 Å². The molecule has 0 saturated heterocycles. The molecule has 2 N–H and O–H groups in total. The van der Waals surface area contributed by atoms with Crippen LogP contribution >= 0.6 is 12.2 Å². The number of carbonyl (C=O) groups excluding carboxylic acids is 2. The second kappa shape index (κ2) is 9.27. The molecular weight excluding hydrogens is 402 g/mol. The van der Waals surface area contributed by atoms with Gasteiger partial charge in [0.1, 0.15) is 5.56 Å². The number of carbonyl (C=O) groups is 2. The fourth-order valence-corrected chi connectivity index (χ4v) is 3.13. The van der Waals surface area contributed by atoms with Gasteiger partial charge in [0, 0.05) is 11.8 Å². The minimum absolute atomic E-state index is 0.116. The lowest BCUT2D eigenvalue weighted by atomic mass is 10.2. The van der Waals surface area contributed by atoms with Crippen molar-refractivity contribution in [1.29, 1.82) is 0 Å². The Kier molecular flexibility index (Phi) is 6.53. The van der Waals surface area contributed by atoms with Crippen LogP contribution in [0.2, 0.25) is 0 Å². The number of nitrogens with zero attached hydrogens (tertiary/aromatic N) is 3. The number of aromatic nitrogens is 3. The van der Waals surface area contributed by atoms with E-state index in [4.69, 9.17) is 17.0 Å². The Balaban J connectivity index is 1.85. The van der Waals surface area contributed by atoms with Gasteiger partial charge in [-0.05, 0) is 57.3 Å². The zero-order valence-electron chi connectivity index (χ0n) is 16.8. The number of aryl methyl sites for hydroxylation is 1. The molecule has 1 aromatic carbocycles. The summed E-state index contributed by atoms with van der Waals surface area (Å²) in [7, 11) is 0. The molecule has 1 amide bonds. The van der Waals surface area contributed by atoms with E-state index >= 15 is 0 Å². The van der Waals surface area contributed by atoms with E-state index in [0.29, 0.717) is 34.0 Å². The second-order valence-corrected chi connectivity index (χ2v) is 6.74. The maximum Gasteiger partial charge on any atom is 0.341 e. The van der Waals surface area contributed by atoms with Gasteiger partial charge in [-0.15, -0.1) is 0 Å². The molecule has 0 fully saturated rings. The Morgan fingerprint density at radius 2 is 1.87 bits per heavy atom. The lowest BCUT2D eigenvalue weighted by Crippen LogP contribution is -2.34. The van der Waals surface area contributed by atoms with Gasteiger partial charge in [0.15, 0.2) is 10.9 Å². The van der Waals surface area contributed by atoms with E-state index in [1.165, 1.54) is 0 Å². The number of pyridine rings is 1. The summed E-state index contributed by atoms with van der Waals surface area (Å²) in [5.74, 6) is -0.325. The number of benzene rings is 1. The van der Waals surface area contributed by atoms with Crippen molar-refractivity contribution in [3.63, 3.8) is 0 Å². The fraction of sp³-hybridized carbons (Fsp3) is 0.190. The summed E-state index contributed by atoms with van der Waals surface area (Å²) in [4.78, 5) is 29.0. The van der Waals surface area contributed by atoms with Gasteiger partial charge in [0.2, 0.25) is 0 Å². The molecule has 2 aromatic heterocycles. The number of esters is 1. The minimum atomic E-state index is -0.435. The smallest absolute Gasteiger partial charge is 0.341 e. The van der Waals surface area contributed by atoms with Crippen molar-refractivity contribution in [3.8, 4) is 5.82 Å². The van der Waals surface area contributed by atoms with Crippen LogP contribution in [0.3, 0.4) is 0 Å². The number of hydrogen-bond acceptors (Lipinski definition) is 6. The minimum Gasteiger partial charge on any atom is -0.462 e. The monoisotopic (exact) mass is 423 g/mol. The highest BCUT2D eigenvalue weighted by molar-refractivity contribution is 7.80. The summed E-state index contributed by atoms with van der Waals surface area (Å²) in [5.41, 5.74) is 2.53. The molecule has 0 aliphatic heterocycles. The molecule has 0 spiro atoms. The topological polar surface area (TPSA) is 98.1 Å². The molecule has 3 rings (SSSR count).